The molecule has 0 bridgehead atoms. The zero-order valence-electron chi connectivity index (χ0n) is 14.3. The Morgan fingerprint density at radius 2 is 1.96 bits per heavy atom. The first-order valence-electron chi connectivity index (χ1n) is 8.61. The maximum absolute atomic E-state index is 6.32. The molecule has 5 heteroatoms. The van der Waals surface area contributed by atoms with Crippen LogP contribution in [0.3, 0.4) is 0 Å². The van der Waals surface area contributed by atoms with Gasteiger partial charge in [-0.05, 0) is 52.7 Å². The molecule has 0 fully saturated rings. The fraction of sp³-hybridized carbons (Fsp3) is 0.190. The third kappa shape index (κ3) is 2.47. The Morgan fingerprint density at radius 3 is 2.73 bits per heavy atom. The Balaban J connectivity index is 1.56. The predicted molar refractivity (Wildman–Crippen MR) is 103 cm³/mol. The summed E-state index contributed by atoms with van der Waals surface area (Å²) in [4.78, 5) is 0. The van der Waals surface area contributed by atoms with Gasteiger partial charge in [-0.3, -0.25) is 0 Å². The van der Waals surface area contributed by atoms with Crippen LogP contribution in [0.4, 0.5) is 0 Å². The van der Waals surface area contributed by atoms with Crippen molar-refractivity contribution in [3.8, 4) is 11.5 Å². The highest BCUT2D eigenvalue weighted by Gasteiger charge is 2.40. The lowest BCUT2D eigenvalue weighted by molar-refractivity contribution is -0.0187. The van der Waals surface area contributed by atoms with Gasteiger partial charge in [-0.1, -0.05) is 18.2 Å². The molecule has 0 aliphatic carbocycles. The smallest absolute Gasteiger partial charge is 0.214 e. The monoisotopic (exact) mass is 362 g/mol. The minimum Gasteiger partial charge on any atom is -0.497 e. The Hall–Kier alpha value is -2.79. The van der Waals surface area contributed by atoms with E-state index in [9.17, 15) is 0 Å². The molecule has 2 aliphatic heterocycles. The van der Waals surface area contributed by atoms with Gasteiger partial charge in [0.2, 0.25) is 6.23 Å². The first-order valence-corrected chi connectivity index (χ1v) is 9.55. The molecule has 3 heterocycles. The molecule has 2 aliphatic rings. The number of methoxy groups -OCH3 is 1. The van der Waals surface area contributed by atoms with Crippen molar-refractivity contribution in [1.82, 2.24) is 5.01 Å². The molecule has 0 saturated heterocycles. The Kier molecular flexibility index (Phi) is 3.68. The zero-order valence-corrected chi connectivity index (χ0v) is 15.1. The van der Waals surface area contributed by atoms with Crippen molar-refractivity contribution in [3.05, 3.63) is 82.0 Å². The van der Waals surface area contributed by atoms with Gasteiger partial charge < -0.3 is 9.47 Å². The third-order valence-electron chi connectivity index (χ3n) is 4.95. The molecule has 0 radical (unpaired) electrons. The lowest BCUT2D eigenvalue weighted by Crippen LogP contribution is -2.33. The molecule has 0 unspecified atom stereocenters. The molecule has 3 aromatic rings. The van der Waals surface area contributed by atoms with E-state index in [-0.39, 0.29) is 12.3 Å². The van der Waals surface area contributed by atoms with Crippen LogP contribution in [0.1, 0.15) is 35.4 Å². The van der Waals surface area contributed by atoms with Crippen LogP contribution in [0.5, 0.6) is 11.5 Å². The number of hydrazone groups is 1. The van der Waals surface area contributed by atoms with E-state index >= 15 is 0 Å². The van der Waals surface area contributed by atoms with Crippen LogP contribution in [0.15, 0.2) is 70.5 Å². The molecule has 0 N–H and O–H groups in total. The van der Waals surface area contributed by atoms with E-state index in [2.05, 4.69) is 52.2 Å². The van der Waals surface area contributed by atoms with E-state index in [4.69, 9.17) is 14.6 Å². The third-order valence-corrected chi connectivity index (χ3v) is 5.65. The van der Waals surface area contributed by atoms with Crippen LogP contribution >= 0.6 is 11.3 Å². The highest BCUT2D eigenvalue weighted by atomic mass is 32.1. The lowest BCUT2D eigenvalue weighted by atomic mass is 9.96. The van der Waals surface area contributed by atoms with Gasteiger partial charge in [0.05, 0.1) is 18.9 Å². The molecule has 0 spiro atoms. The second-order valence-electron chi connectivity index (χ2n) is 6.44. The van der Waals surface area contributed by atoms with Crippen molar-refractivity contribution in [3.63, 3.8) is 0 Å². The molecule has 5 rings (SSSR count). The number of nitrogens with zero attached hydrogens (tertiary/aromatic N) is 2. The van der Waals surface area contributed by atoms with Gasteiger partial charge in [-0.15, -0.1) is 0 Å². The van der Waals surface area contributed by atoms with Crippen molar-refractivity contribution in [2.24, 2.45) is 5.10 Å². The normalized spacial score (nSPS) is 20.8. The molecule has 4 nitrogen and oxygen atoms in total. The Labute approximate surface area is 156 Å². The fourth-order valence-electron chi connectivity index (χ4n) is 3.63. The first kappa shape index (κ1) is 15.5. The topological polar surface area (TPSA) is 34.1 Å². The van der Waals surface area contributed by atoms with Gasteiger partial charge in [-0.25, -0.2) is 5.01 Å². The molecule has 2 aromatic carbocycles. The van der Waals surface area contributed by atoms with Gasteiger partial charge in [0, 0.05) is 17.5 Å². The molecule has 2 atom stereocenters. The second kappa shape index (κ2) is 6.18. The SMILES string of the molecule is COc1ccc(C2=NN3[C@@H](C2)c2ccccc2O[C@H]3c2ccsc2)cc1. The van der Waals surface area contributed by atoms with Gasteiger partial charge in [0.1, 0.15) is 11.5 Å². The number of ether oxygens (including phenoxy) is 2. The average Bonchev–Trinajstić information content (AvgIpc) is 3.37. The molecular formula is C21H18N2O2S. The van der Waals surface area contributed by atoms with Crippen molar-refractivity contribution in [2.75, 3.05) is 7.11 Å². The van der Waals surface area contributed by atoms with Crippen molar-refractivity contribution < 1.29 is 9.47 Å². The van der Waals surface area contributed by atoms with E-state index in [1.54, 1.807) is 18.4 Å². The number of benzene rings is 2. The summed E-state index contributed by atoms with van der Waals surface area (Å²) in [5.74, 6) is 1.81. The number of thiophene rings is 1. The summed E-state index contributed by atoms with van der Waals surface area (Å²) in [6, 6.07) is 18.7. The van der Waals surface area contributed by atoms with Crippen molar-refractivity contribution in [2.45, 2.75) is 18.7 Å². The summed E-state index contributed by atoms with van der Waals surface area (Å²) in [6.07, 6.45) is 0.685. The van der Waals surface area contributed by atoms with Gasteiger partial charge in [-0.2, -0.15) is 16.4 Å². The number of fused-ring (bicyclic) bond motifs is 3. The molecule has 130 valence electrons. The van der Waals surface area contributed by atoms with E-state index in [1.165, 1.54) is 5.56 Å². The molecule has 1 aromatic heterocycles. The molecule has 0 amide bonds. The largest absolute Gasteiger partial charge is 0.497 e. The highest BCUT2D eigenvalue weighted by Crippen LogP contribution is 2.47. The van der Waals surface area contributed by atoms with Crippen LogP contribution in [-0.2, 0) is 0 Å². The minimum absolute atomic E-state index is 0.183. The number of hydrogen-bond donors (Lipinski definition) is 0. The Bertz CT molecular complexity index is 950. The number of para-hydroxylation sites is 1. The second-order valence-corrected chi connectivity index (χ2v) is 7.22. The maximum Gasteiger partial charge on any atom is 0.214 e. The summed E-state index contributed by atoms with van der Waals surface area (Å²) in [7, 11) is 1.68. The lowest BCUT2D eigenvalue weighted by Gasteiger charge is -2.37. The average molecular weight is 362 g/mol. The highest BCUT2D eigenvalue weighted by molar-refractivity contribution is 7.07. The first-order chi connectivity index (χ1) is 12.8. The van der Waals surface area contributed by atoms with Crippen LogP contribution in [0.25, 0.3) is 0 Å². The van der Waals surface area contributed by atoms with Crippen molar-refractivity contribution in [1.29, 1.82) is 0 Å². The summed E-state index contributed by atoms with van der Waals surface area (Å²) < 4.78 is 11.6. The Morgan fingerprint density at radius 1 is 1.12 bits per heavy atom. The number of hydrogen-bond acceptors (Lipinski definition) is 5. The van der Waals surface area contributed by atoms with Crippen molar-refractivity contribution >= 4 is 17.0 Å². The number of rotatable bonds is 3. The van der Waals surface area contributed by atoms with Gasteiger partial charge >= 0.3 is 0 Å². The summed E-state index contributed by atoms with van der Waals surface area (Å²) in [5, 5.41) is 11.3. The standard InChI is InChI=1S/C21H18N2O2S/c1-24-16-8-6-14(7-9-16)18-12-19-17-4-2-3-5-20(17)25-21(23(19)22-18)15-10-11-26-13-15/h2-11,13,19,21H,12H2,1H3/t19-,21-/m0/s1. The van der Waals surface area contributed by atoms with Crippen LogP contribution in [0, 0.1) is 0 Å². The summed E-state index contributed by atoms with van der Waals surface area (Å²) >= 11 is 1.68. The summed E-state index contributed by atoms with van der Waals surface area (Å²) in [6.45, 7) is 0. The van der Waals surface area contributed by atoms with Gasteiger partial charge in [0.25, 0.3) is 0 Å². The molecule has 0 saturated carbocycles. The predicted octanol–water partition coefficient (Wildman–Crippen LogP) is 5.00. The minimum atomic E-state index is -0.183. The van der Waals surface area contributed by atoms with Crippen LogP contribution in [-0.4, -0.2) is 17.8 Å². The fourth-order valence-corrected chi connectivity index (χ4v) is 4.29. The molecule has 26 heavy (non-hydrogen) atoms. The molecular weight excluding hydrogens is 344 g/mol. The maximum atomic E-state index is 6.32. The van der Waals surface area contributed by atoms with Gasteiger partial charge in [0.15, 0.2) is 0 Å². The van der Waals surface area contributed by atoms with E-state index in [1.807, 2.05) is 18.2 Å². The van der Waals surface area contributed by atoms with E-state index in [0.29, 0.717) is 0 Å². The quantitative estimate of drug-likeness (QED) is 0.658. The zero-order chi connectivity index (χ0) is 17.5. The summed E-state index contributed by atoms with van der Waals surface area (Å²) in [5.41, 5.74) is 4.56. The van der Waals surface area contributed by atoms with E-state index < -0.39 is 0 Å². The van der Waals surface area contributed by atoms with E-state index in [0.717, 1.165) is 34.8 Å². The van der Waals surface area contributed by atoms with Crippen LogP contribution < -0.4 is 9.47 Å². The van der Waals surface area contributed by atoms with Crippen LogP contribution in [0.2, 0.25) is 0 Å².